The van der Waals surface area contributed by atoms with E-state index in [-0.39, 0.29) is 17.3 Å². The highest BCUT2D eigenvalue weighted by molar-refractivity contribution is 6.30. The molecular formula is C19H14ClN7O2. The molecule has 4 rings (SSSR count). The number of hydrogen-bond donors (Lipinski definition) is 2. The van der Waals surface area contributed by atoms with Crippen molar-refractivity contribution in [2.45, 2.75) is 6.92 Å². The van der Waals surface area contributed by atoms with Crippen molar-refractivity contribution in [3.8, 4) is 0 Å². The summed E-state index contributed by atoms with van der Waals surface area (Å²) in [7, 11) is 0. The third-order valence-electron chi connectivity index (χ3n) is 4.10. The minimum absolute atomic E-state index is 0.0107. The fourth-order valence-electron chi connectivity index (χ4n) is 2.80. The van der Waals surface area contributed by atoms with Gasteiger partial charge in [-0.05, 0) is 43.3 Å². The molecule has 0 spiro atoms. The summed E-state index contributed by atoms with van der Waals surface area (Å²) in [6.07, 6.45) is 2.67. The Morgan fingerprint density at radius 1 is 1.00 bits per heavy atom. The van der Waals surface area contributed by atoms with Gasteiger partial charge in [-0.3, -0.25) is 15.1 Å². The van der Waals surface area contributed by atoms with E-state index < -0.39 is 4.92 Å². The average Bonchev–Trinajstić information content (AvgIpc) is 2.69. The number of rotatable bonds is 5. The Hall–Kier alpha value is -3.85. The van der Waals surface area contributed by atoms with E-state index in [1.54, 1.807) is 18.2 Å². The van der Waals surface area contributed by atoms with Crippen LogP contribution in [0.15, 0.2) is 55.0 Å². The maximum Gasteiger partial charge on any atom is 0.353 e. The van der Waals surface area contributed by atoms with E-state index in [0.717, 1.165) is 16.6 Å². The second-order valence-electron chi connectivity index (χ2n) is 6.11. The van der Waals surface area contributed by atoms with Crippen molar-refractivity contribution in [2.24, 2.45) is 0 Å². The van der Waals surface area contributed by atoms with Crippen LogP contribution < -0.4 is 10.6 Å². The molecule has 29 heavy (non-hydrogen) atoms. The van der Waals surface area contributed by atoms with Crippen molar-refractivity contribution < 1.29 is 4.92 Å². The van der Waals surface area contributed by atoms with Crippen LogP contribution in [0.1, 0.15) is 5.69 Å². The van der Waals surface area contributed by atoms with Gasteiger partial charge in [-0.2, -0.15) is 0 Å². The molecular weight excluding hydrogens is 394 g/mol. The van der Waals surface area contributed by atoms with Crippen LogP contribution in [0.3, 0.4) is 0 Å². The van der Waals surface area contributed by atoms with E-state index in [9.17, 15) is 10.1 Å². The Morgan fingerprint density at radius 3 is 2.52 bits per heavy atom. The van der Waals surface area contributed by atoms with Crippen LogP contribution in [0.2, 0.25) is 5.02 Å². The van der Waals surface area contributed by atoms with Crippen LogP contribution in [0, 0.1) is 17.0 Å². The minimum atomic E-state index is -0.548. The summed E-state index contributed by atoms with van der Waals surface area (Å²) in [5, 5.41) is 18.9. The summed E-state index contributed by atoms with van der Waals surface area (Å²) in [5.41, 5.74) is 1.99. The zero-order chi connectivity index (χ0) is 20.4. The SMILES string of the molecule is Cc1ccc2c(Nc3ncnc(Nc4ccc(Cl)cn4)c3[N+](=O)[O-])cccc2n1. The summed E-state index contributed by atoms with van der Waals surface area (Å²) in [6, 6.07) is 12.5. The van der Waals surface area contributed by atoms with E-state index in [4.69, 9.17) is 11.6 Å². The number of nitrogens with one attached hydrogen (secondary N) is 2. The van der Waals surface area contributed by atoms with Gasteiger partial charge in [-0.1, -0.05) is 17.7 Å². The number of aryl methyl sites for hydroxylation is 1. The van der Waals surface area contributed by atoms with Gasteiger partial charge in [0, 0.05) is 23.0 Å². The highest BCUT2D eigenvalue weighted by Gasteiger charge is 2.24. The summed E-state index contributed by atoms with van der Waals surface area (Å²) >= 11 is 5.83. The third-order valence-corrected chi connectivity index (χ3v) is 4.33. The number of hydrogen-bond acceptors (Lipinski definition) is 8. The zero-order valence-corrected chi connectivity index (χ0v) is 15.9. The van der Waals surface area contributed by atoms with Gasteiger partial charge >= 0.3 is 5.69 Å². The lowest BCUT2D eigenvalue weighted by Crippen LogP contribution is -2.06. The van der Waals surface area contributed by atoms with E-state index in [1.165, 1.54) is 12.5 Å². The number of benzene rings is 1. The molecule has 4 aromatic rings. The molecule has 3 heterocycles. The van der Waals surface area contributed by atoms with Crippen LogP contribution in [0.4, 0.5) is 28.8 Å². The summed E-state index contributed by atoms with van der Waals surface area (Å²) in [4.78, 5) is 27.9. The van der Waals surface area contributed by atoms with Crippen LogP contribution >= 0.6 is 11.6 Å². The van der Waals surface area contributed by atoms with Gasteiger partial charge in [0.25, 0.3) is 0 Å². The first kappa shape index (κ1) is 18.5. The number of anilines is 4. The highest BCUT2D eigenvalue weighted by atomic mass is 35.5. The Morgan fingerprint density at radius 2 is 1.79 bits per heavy atom. The molecule has 9 nitrogen and oxygen atoms in total. The van der Waals surface area contributed by atoms with Crippen LogP contribution in [0.5, 0.6) is 0 Å². The molecule has 0 unspecified atom stereocenters. The summed E-state index contributed by atoms with van der Waals surface area (Å²) in [6.45, 7) is 1.90. The van der Waals surface area contributed by atoms with Crippen molar-refractivity contribution in [3.05, 3.63) is 75.8 Å². The molecule has 0 aliphatic heterocycles. The van der Waals surface area contributed by atoms with E-state index >= 15 is 0 Å². The molecule has 0 aliphatic rings. The first-order valence-electron chi connectivity index (χ1n) is 8.52. The Balaban J connectivity index is 1.75. The average molecular weight is 408 g/mol. The smallest absolute Gasteiger partial charge is 0.334 e. The van der Waals surface area contributed by atoms with Gasteiger partial charge in [0.05, 0.1) is 15.5 Å². The van der Waals surface area contributed by atoms with E-state index in [2.05, 4.69) is 30.6 Å². The lowest BCUT2D eigenvalue weighted by Gasteiger charge is -2.11. The first-order valence-corrected chi connectivity index (χ1v) is 8.90. The normalized spacial score (nSPS) is 10.7. The number of aromatic nitrogens is 4. The van der Waals surface area contributed by atoms with Crippen molar-refractivity contribution in [1.29, 1.82) is 0 Å². The molecule has 0 atom stereocenters. The second kappa shape index (κ2) is 7.64. The summed E-state index contributed by atoms with van der Waals surface area (Å²) < 4.78 is 0. The standard InChI is InChI=1S/C19H14ClN7O2/c1-11-5-7-13-14(24-11)3-2-4-15(13)25-18-17(27(28)29)19(23-10-22-18)26-16-8-6-12(20)9-21-16/h2-10H,1H3,(H2,21,22,23,25,26). The fourth-order valence-corrected chi connectivity index (χ4v) is 2.91. The monoisotopic (exact) mass is 407 g/mol. The number of pyridine rings is 2. The number of nitrogens with zero attached hydrogens (tertiary/aromatic N) is 5. The third kappa shape index (κ3) is 3.90. The van der Waals surface area contributed by atoms with Gasteiger partial charge in [0.15, 0.2) is 0 Å². The molecule has 2 N–H and O–H groups in total. The van der Waals surface area contributed by atoms with Crippen LogP contribution in [-0.4, -0.2) is 24.9 Å². The van der Waals surface area contributed by atoms with Gasteiger partial charge in [0.2, 0.25) is 11.6 Å². The maximum atomic E-state index is 11.8. The predicted molar refractivity (Wildman–Crippen MR) is 111 cm³/mol. The van der Waals surface area contributed by atoms with Gasteiger partial charge in [-0.15, -0.1) is 0 Å². The summed E-state index contributed by atoms with van der Waals surface area (Å²) in [5.74, 6) is 0.429. The molecule has 0 fully saturated rings. The lowest BCUT2D eigenvalue weighted by atomic mass is 10.1. The lowest BCUT2D eigenvalue weighted by molar-refractivity contribution is -0.383. The van der Waals surface area contributed by atoms with Gasteiger partial charge < -0.3 is 10.6 Å². The number of halogens is 1. The topological polar surface area (TPSA) is 119 Å². The Labute approximate surface area is 170 Å². The Bertz CT molecular complexity index is 1220. The molecule has 0 saturated carbocycles. The number of fused-ring (bicyclic) bond motifs is 1. The highest BCUT2D eigenvalue weighted by Crippen LogP contribution is 2.34. The molecule has 144 valence electrons. The van der Waals surface area contributed by atoms with E-state index in [0.29, 0.717) is 16.5 Å². The van der Waals surface area contributed by atoms with Gasteiger partial charge in [0.1, 0.15) is 12.1 Å². The molecule has 0 bridgehead atoms. The van der Waals surface area contributed by atoms with E-state index in [1.807, 2.05) is 31.2 Å². The molecule has 0 amide bonds. The fraction of sp³-hybridized carbons (Fsp3) is 0.0526. The maximum absolute atomic E-state index is 11.8. The molecule has 3 aromatic heterocycles. The molecule has 1 aromatic carbocycles. The minimum Gasteiger partial charge on any atom is -0.334 e. The van der Waals surface area contributed by atoms with Crippen molar-refractivity contribution in [2.75, 3.05) is 10.6 Å². The molecule has 0 saturated heterocycles. The van der Waals surface area contributed by atoms with Crippen molar-refractivity contribution in [1.82, 2.24) is 19.9 Å². The molecule has 0 aliphatic carbocycles. The second-order valence-corrected chi connectivity index (χ2v) is 6.55. The quantitative estimate of drug-likeness (QED) is 0.358. The number of nitro groups is 1. The van der Waals surface area contributed by atoms with Crippen LogP contribution in [0.25, 0.3) is 10.9 Å². The predicted octanol–water partition coefficient (Wildman–Crippen LogP) is 4.78. The molecule has 0 radical (unpaired) electrons. The van der Waals surface area contributed by atoms with Crippen molar-refractivity contribution >= 4 is 51.3 Å². The largest absolute Gasteiger partial charge is 0.353 e. The van der Waals surface area contributed by atoms with Crippen LogP contribution in [-0.2, 0) is 0 Å². The van der Waals surface area contributed by atoms with Gasteiger partial charge in [-0.25, -0.2) is 15.0 Å². The zero-order valence-electron chi connectivity index (χ0n) is 15.1. The van der Waals surface area contributed by atoms with Crippen molar-refractivity contribution in [3.63, 3.8) is 0 Å². The Kier molecular flexibility index (Phi) is 4.88. The first-order chi connectivity index (χ1) is 14.0. The molecule has 10 heteroatoms.